The largest absolute Gasteiger partial charge is 0.478 e. The molecule has 2 rings (SSSR count). The summed E-state index contributed by atoms with van der Waals surface area (Å²) in [7, 11) is -3.76. The zero-order valence-corrected chi connectivity index (χ0v) is 13.1. The van der Waals surface area contributed by atoms with Gasteiger partial charge in [-0.15, -0.1) is 0 Å². The fraction of sp³-hybridized carbons (Fsp3) is 0.500. The summed E-state index contributed by atoms with van der Waals surface area (Å²) < 4.78 is 32.3. The van der Waals surface area contributed by atoms with Crippen molar-refractivity contribution in [1.29, 1.82) is 0 Å². The van der Waals surface area contributed by atoms with Crippen LogP contribution < -0.4 is 10.0 Å². The maximum Gasteiger partial charge on any atom is 0.337 e. The second kappa shape index (κ2) is 7.08. The molecule has 0 spiro atoms. The molecule has 0 saturated carbocycles. The second-order valence-electron chi connectivity index (χ2n) is 5.03. The molecule has 1 heterocycles. The molecule has 8 heteroatoms. The number of sulfonamides is 1. The Hall–Kier alpha value is -1.64. The molecule has 3 N–H and O–H groups in total. The highest BCUT2D eigenvalue weighted by Gasteiger charge is 2.22. The molecule has 0 aliphatic carbocycles. The number of ether oxygens (including phenoxy) is 1. The molecule has 1 aromatic carbocycles. The lowest BCUT2D eigenvalue weighted by atomic mass is 10.2. The summed E-state index contributed by atoms with van der Waals surface area (Å²) in [6.07, 6.45) is 1.63. The molecule has 122 valence electrons. The Morgan fingerprint density at radius 3 is 2.82 bits per heavy atom. The zero-order valence-electron chi connectivity index (χ0n) is 12.3. The Morgan fingerprint density at radius 2 is 2.23 bits per heavy atom. The van der Waals surface area contributed by atoms with Gasteiger partial charge in [-0.25, -0.2) is 17.9 Å². The number of hydrogen-bond donors (Lipinski definition) is 3. The average Bonchev–Trinajstić information content (AvgIpc) is 2.99. The average molecular weight is 328 g/mol. The van der Waals surface area contributed by atoms with E-state index in [1.54, 1.807) is 0 Å². The van der Waals surface area contributed by atoms with Crippen molar-refractivity contribution in [3.63, 3.8) is 0 Å². The number of anilines is 1. The van der Waals surface area contributed by atoms with E-state index in [9.17, 15) is 18.3 Å². The first-order valence-corrected chi connectivity index (χ1v) is 8.65. The Labute approximate surface area is 129 Å². The monoisotopic (exact) mass is 328 g/mol. The SMILES string of the molecule is CCNc1ccc(S(=O)(=O)NCC2CCCO2)cc1C(=O)O. The minimum Gasteiger partial charge on any atom is -0.478 e. The van der Waals surface area contributed by atoms with Crippen LogP contribution in [0.3, 0.4) is 0 Å². The first-order valence-electron chi connectivity index (χ1n) is 7.16. The number of carbonyl (C=O) groups is 1. The van der Waals surface area contributed by atoms with Gasteiger partial charge in [-0.05, 0) is 38.0 Å². The van der Waals surface area contributed by atoms with E-state index in [-0.39, 0.29) is 23.1 Å². The fourth-order valence-corrected chi connectivity index (χ4v) is 3.40. The third kappa shape index (κ3) is 3.96. The van der Waals surface area contributed by atoms with Gasteiger partial charge in [0.15, 0.2) is 0 Å². The molecular formula is C14H20N2O5S. The van der Waals surface area contributed by atoms with Crippen molar-refractivity contribution in [3.8, 4) is 0 Å². The van der Waals surface area contributed by atoms with Gasteiger partial charge < -0.3 is 15.2 Å². The van der Waals surface area contributed by atoms with Crippen LogP contribution in [0.25, 0.3) is 0 Å². The van der Waals surface area contributed by atoms with Gasteiger partial charge in [0.25, 0.3) is 0 Å². The molecule has 0 aromatic heterocycles. The minimum absolute atomic E-state index is 0.0652. The Kier molecular flexibility index (Phi) is 5.38. The van der Waals surface area contributed by atoms with Crippen molar-refractivity contribution in [2.24, 2.45) is 0 Å². The van der Waals surface area contributed by atoms with Gasteiger partial charge in [-0.2, -0.15) is 0 Å². The number of rotatable bonds is 7. The lowest BCUT2D eigenvalue weighted by Gasteiger charge is -2.13. The molecule has 0 amide bonds. The number of carboxylic acid groups (broad SMARTS) is 1. The summed E-state index contributed by atoms with van der Waals surface area (Å²) >= 11 is 0. The Morgan fingerprint density at radius 1 is 1.45 bits per heavy atom. The summed E-state index contributed by atoms with van der Waals surface area (Å²) in [4.78, 5) is 11.2. The van der Waals surface area contributed by atoms with Crippen LogP contribution in [0.2, 0.25) is 0 Å². The van der Waals surface area contributed by atoms with Crippen molar-refractivity contribution < 1.29 is 23.1 Å². The van der Waals surface area contributed by atoms with Gasteiger partial charge in [0.05, 0.1) is 16.6 Å². The summed E-state index contributed by atoms with van der Waals surface area (Å²) in [5.41, 5.74) is 0.329. The maximum atomic E-state index is 12.3. The van der Waals surface area contributed by atoms with E-state index in [0.29, 0.717) is 18.8 Å². The highest BCUT2D eigenvalue weighted by Crippen LogP contribution is 2.21. The van der Waals surface area contributed by atoms with Crippen LogP contribution in [0.5, 0.6) is 0 Å². The second-order valence-corrected chi connectivity index (χ2v) is 6.80. The van der Waals surface area contributed by atoms with Gasteiger partial charge >= 0.3 is 5.97 Å². The molecular weight excluding hydrogens is 308 g/mol. The van der Waals surface area contributed by atoms with Crippen molar-refractivity contribution in [2.75, 3.05) is 25.0 Å². The standard InChI is InChI=1S/C14H20N2O5S/c1-2-15-13-6-5-11(8-12(13)14(17)18)22(19,20)16-9-10-4-3-7-21-10/h5-6,8,10,15-16H,2-4,7,9H2,1H3,(H,17,18). The molecule has 0 bridgehead atoms. The van der Waals surface area contributed by atoms with Crippen LogP contribution in [0, 0.1) is 0 Å². The van der Waals surface area contributed by atoms with E-state index in [4.69, 9.17) is 4.74 Å². The Balaban J connectivity index is 2.18. The molecule has 1 saturated heterocycles. The number of nitrogens with one attached hydrogen (secondary N) is 2. The van der Waals surface area contributed by atoms with Gasteiger partial charge in [-0.1, -0.05) is 0 Å². The molecule has 7 nitrogen and oxygen atoms in total. The topological polar surface area (TPSA) is 105 Å². The van der Waals surface area contributed by atoms with Crippen LogP contribution in [0.1, 0.15) is 30.1 Å². The lowest BCUT2D eigenvalue weighted by molar-refractivity contribution is 0.0697. The highest BCUT2D eigenvalue weighted by molar-refractivity contribution is 7.89. The predicted molar refractivity (Wildman–Crippen MR) is 81.7 cm³/mol. The van der Waals surface area contributed by atoms with Gasteiger partial charge in [0, 0.05) is 25.4 Å². The van der Waals surface area contributed by atoms with E-state index < -0.39 is 16.0 Å². The highest BCUT2D eigenvalue weighted by atomic mass is 32.2. The van der Waals surface area contributed by atoms with E-state index in [1.807, 2.05) is 6.92 Å². The maximum absolute atomic E-state index is 12.3. The lowest BCUT2D eigenvalue weighted by Crippen LogP contribution is -2.32. The Bertz CT molecular complexity index is 639. The van der Waals surface area contributed by atoms with Crippen molar-refractivity contribution >= 4 is 21.7 Å². The van der Waals surface area contributed by atoms with Gasteiger partial charge in [0.2, 0.25) is 10.0 Å². The minimum atomic E-state index is -3.76. The quantitative estimate of drug-likeness (QED) is 0.696. The van der Waals surface area contributed by atoms with E-state index in [2.05, 4.69) is 10.0 Å². The number of hydrogen-bond acceptors (Lipinski definition) is 5. The fourth-order valence-electron chi connectivity index (χ4n) is 2.30. The van der Waals surface area contributed by atoms with Crippen LogP contribution in [-0.4, -0.2) is 45.3 Å². The molecule has 1 aliphatic rings. The van der Waals surface area contributed by atoms with E-state index in [0.717, 1.165) is 18.9 Å². The number of carboxylic acids is 1. The molecule has 1 fully saturated rings. The number of benzene rings is 1. The van der Waals surface area contributed by atoms with E-state index in [1.165, 1.54) is 12.1 Å². The number of aromatic carboxylic acids is 1. The summed E-state index contributed by atoms with van der Waals surface area (Å²) in [6, 6.07) is 4.02. The van der Waals surface area contributed by atoms with Crippen molar-refractivity contribution in [2.45, 2.75) is 30.8 Å². The van der Waals surface area contributed by atoms with Crippen molar-refractivity contribution in [1.82, 2.24) is 4.72 Å². The van der Waals surface area contributed by atoms with E-state index >= 15 is 0 Å². The molecule has 22 heavy (non-hydrogen) atoms. The van der Waals surface area contributed by atoms with Gasteiger partial charge in [0.1, 0.15) is 0 Å². The van der Waals surface area contributed by atoms with Crippen LogP contribution in [0.4, 0.5) is 5.69 Å². The first-order chi connectivity index (χ1) is 10.4. The van der Waals surface area contributed by atoms with Crippen LogP contribution >= 0.6 is 0 Å². The predicted octanol–water partition coefficient (Wildman–Crippen LogP) is 1.27. The van der Waals surface area contributed by atoms with Gasteiger partial charge in [-0.3, -0.25) is 0 Å². The summed E-state index contributed by atoms with van der Waals surface area (Å²) in [6.45, 7) is 3.22. The summed E-state index contributed by atoms with van der Waals surface area (Å²) in [5, 5.41) is 12.1. The van der Waals surface area contributed by atoms with Crippen LogP contribution in [-0.2, 0) is 14.8 Å². The summed E-state index contributed by atoms with van der Waals surface area (Å²) in [5.74, 6) is -1.17. The molecule has 1 aliphatic heterocycles. The third-order valence-electron chi connectivity index (χ3n) is 3.42. The zero-order chi connectivity index (χ0) is 16.2. The first kappa shape index (κ1) is 16.7. The molecule has 0 radical (unpaired) electrons. The molecule has 1 aromatic rings. The van der Waals surface area contributed by atoms with Crippen molar-refractivity contribution in [3.05, 3.63) is 23.8 Å². The smallest absolute Gasteiger partial charge is 0.337 e. The van der Waals surface area contributed by atoms with Crippen LogP contribution in [0.15, 0.2) is 23.1 Å². The molecule has 1 unspecified atom stereocenters. The third-order valence-corrected chi connectivity index (χ3v) is 4.85. The normalized spacial score (nSPS) is 18.3. The molecule has 1 atom stereocenters.